The third kappa shape index (κ3) is 1.62. The number of hydrogen-bond donors (Lipinski definition) is 2. The van der Waals surface area contributed by atoms with Gasteiger partial charge in [-0.2, -0.15) is 10.2 Å². The van der Waals surface area contributed by atoms with Crippen LogP contribution in [0.15, 0.2) is 18.5 Å². The molecule has 0 radical (unpaired) electrons. The van der Waals surface area contributed by atoms with Crippen LogP contribution >= 0.6 is 0 Å². The van der Waals surface area contributed by atoms with Gasteiger partial charge in [-0.3, -0.25) is 9.48 Å². The Kier molecular flexibility index (Phi) is 2.35. The Hall–Kier alpha value is -2.31. The van der Waals surface area contributed by atoms with Gasteiger partial charge in [-0.1, -0.05) is 0 Å². The van der Waals surface area contributed by atoms with E-state index in [0.717, 1.165) is 0 Å². The van der Waals surface area contributed by atoms with Gasteiger partial charge >= 0.3 is 0 Å². The quantitative estimate of drug-likeness (QED) is 0.717. The van der Waals surface area contributed by atoms with E-state index in [9.17, 15) is 4.79 Å². The summed E-state index contributed by atoms with van der Waals surface area (Å²) in [4.78, 5) is 11.3. The highest BCUT2D eigenvalue weighted by Gasteiger charge is 2.11. The van der Waals surface area contributed by atoms with Gasteiger partial charge in [0.2, 0.25) is 0 Å². The van der Waals surface area contributed by atoms with Crippen LogP contribution in [0.4, 0.5) is 5.69 Å². The number of hydrogen-bond acceptors (Lipinski definition) is 4. The number of carbonyl (C=O) groups is 1. The number of anilines is 1. The highest BCUT2D eigenvalue weighted by Crippen LogP contribution is 2.13. The van der Waals surface area contributed by atoms with Gasteiger partial charge in [0.05, 0.1) is 5.69 Å². The van der Waals surface area contributed by atoms with E-state index in [1.807, 2.05) is 0 Å². The number of nitrogens with one attached hydrogen (secondary N) is 1. The Balaban J connectivity index is 2.38. The summed E-state index contributed by atoms with van der Waals surface area (Å²) in [6, 6.07) is 1.60. The molecule has 7 heteroatoms. The first-order valence-corrected chi connectivity index (χ1v) is 4.69. The summed E-state index contributed by atoms with van der Waals surface area (Å²) in [5.74, 6) is 0.269. The van der Waals surface area contributed by atoms with E-state index in [0.29, 0.717) is 17.2 Å². The molecule has 0 spiro atoms. The fourth-order valence-corrected chi connectivity index (χ4v) is 1.36. The van der Waals surface area contributed by atoms with Crippen molar-refractivity contribution < 1.29 is 4.79 Å². The molecular weight excluding hydrogens is 208 g/mol. The second kappa shape index (κ2) is 3.69. The zero-order chi connectivity index (χ0) is 11.7. The Labute approximate surface area is 91.8 Å². The van der Waals surface area contributed by atoms with E-state index in [1.54, 1.807) is 37.2 Å². The topological polar surface area (TPSA) is 90.8 Å². The fraction of sp³-hybridized carbons (Fsp3) is 0.222. The molecule has 2 aromatic heterocycles. The highest BCUT2D eigenvalue weighted by molar-refractivity contribution is 5.91. The second-order valence-electron chi connectivity index (χ2n) is 3.31. The van der Waals surface area contributed by atoms with Gasteiger partial charge in [0.1, 0.15) is 0 Å². The van der Waals surface area contributed by atoms with Crippen LogP contribution in [-0.4, -0.2) is 32.5 Å². The maximum absolute atomic E-state index is 11.3. The number of aryl methyl sites for hydroxylation is 1. The molecule has 0 fully saturated rings. The summed E-state index contributed by atoms with van der Waals surface area (Å²) < 4.78 is 3.06. The average Bonchev–Trinajstić information content (AvgIpc) is 2.83. The highest BCUT2D eigenvalue weighted by atomic mass is 16.1. The molecule has 2 rings (SSSR count). The Morgan fingerprint density at radius 2 is 2.25 bits per heavy atom. The number of amides is 1. The van der Waals surface area contributed by atoms with Crippen molar-refractivity contribution >= 4 is 11.6 Å². The van der Waals surface area contributed by atoms with Crippen molar-refractivity contribution in [2.24, 2.45) is 7.05 Å². The molecule has 0 unspecified atom stereocenters. The van der Waals surface area contributed by atoms with Crippen LogP contribution in [0.2, 0.25) is 0 Å². The lowest BCUT2D eigenvalue weighted by atomic mass is 10.4. The van der Waals surface area contributed by atoms with Gasteiger partial charge in [-0.05, 0) is 6.07 Å². The van der Waals surface area contributed by atoms with E-state index < -0.39 is 0 Å². The van der Waals surface area contributed by atoms with Gasteiger partial charge in [0.15, 0.2) is 11.5 Å². The molecule has 0 saturated carbocycles. The number of nitrogens with two attached hydrogens (primary N) is 1. The summed E-state index contributed by atoms with van der Waals surface area (Å²) in [6.07, 6.45) is 3.32. The van der Waals surface area contributed by atoms with Crippen molar-refractivity contribution in [2.75, 3.05) is 12.8 Å². The Morgan fingerprint density at radius 3 is 2.81 bits per heavy atom. The average molecular weight is 220 g/mol. The van der Waals surface area contributed by atoms with Crippen molar-refractivity contribution in [2.45, 2.75) is 0 Å². The largest absolute Gasteiger partial charge is 0.394 e. The first kappa shape index (κ1) is 10.2. The van der Waals surface area contributed by atoms with Crippen molar-refractivity contribution in [1.29, 1.82) is 0 Å². The van der Waals surface area contributed by atoms with Gasteiger partial charge in [-0.25, -0.2) is 4.68 Å². The molecule has 3 N–H and O–H groups in total. The smallest absolute Gasteiger partial charge is 0.271 e. The van der Waals surface area contributed by atoms with Crippen LogP contribution in [-0.2, 0) is 7.05 Å². The molecule has 0 bridgehead atoms. The van der Waals surface area contributed by atoms with E-state index >= 15 is 0 Å². The molecule has 0 aliphatic carbocycles. The van der Waals surface area contributed by atoms with Crippen molar-refractivity contribution in [3.8, 4) is 5.82 Å². The normalized spacial score (nSPS) is 10.4. The summed E-state index contributed by atoms with van der Waals surface area (Å²) in [6.45, 7) is 0. The molecular formula is C9H12N6O. The molecule has 2 aromatic rings. The minimum atomic E-state index is -0.242. The van der Waals surface area contributed by atoms with Gasteiger partial charge < -0.3 is 11.1 Å². The summed E-state index contributed by atoms with van der Waals surface area (Å²) in [5, 5.41) is 10.7. The lowest BCUT2D eigenvalue weighted by Gasteiger charge is -1.97. The first-order chi connectivity index (χ1) is 7.61. The van der Waals surface area contributed by atoms with Gasteiger partial charge in [0.25, 0.3) is 5.91 Å². The third-order valence-corrected chi connectivity index (χ3v) is 2.10. The van der Waals surface area contributed by atoms with E-state index in [-0.39, 0.29) is 5.91 Å². The summed E-state index contributed by atoms with van der Waals surface area (Å²) in [5.41, 5.74) is 6.58. The lowest BCUT2D eigenvalue weighted by molar-refractivity contribution is 0.0957. The second-order valence-corrected chi connectivity index (χ2v) is 3.31. The molecule has 84 valence electrons. The molecule has 0 saturated heterocycles. The molecule has 0 aliphatic rings. The van der Waals surface area contributed by atoms with Crippen LogP contribution in [0.3, 0.4) is 0 Å². The van der Waals surface area contributed by atoms with Crippen LogP contribution in [0.1, 0.15) is 10.5 Å². The Morgan fingerprint density at radius 1 is 1.50 bits per heavy atom. The Bertz CT molecular complexity index is 526. The SMILES string of the molecule is CNC(=O)c1ccn(-c2nn(C)cc2N)n1. The fourth-order valence-electron chi connectivity index (χ4n) is 1.36. The first-order valence-electron chi connectivity index (χ1n) is 4.69. The van der Waals surface area contributed by atoms with Crippen LogP contribution in [0.5, 0.6) is 0 Å². The third-order valence-electron chi connectivity index (χ3n) is 2.10. The summed E-state index contributed by atoms with van der Waals surface area (Å²) >= 11 is 0. The van der Waals surface area contributed by atoms with Crippen LogP contribution < -0.4 is 11.1 Å². The molecule has 0 aliphatic heterocycles. The number of nitrogens with zero attached hydrogens (tertiary/aromatic N) is 4. The molecule has 0 aromatic carbocycles. The number of carbonyl (C=O) groups excluding carboxylic acids is 1. The van der Waals surface area contributed by atoms with Crippen LogP contribution in [0, 0.1) is 0 Å². The lowest BCUT2D eigenvalue weighted by Crippen LogP contribution is -2.18. The minimum absolute atomic E-state index is 0.242. The number of rotatable bonds is 2. The standard InChI is InChI=1S/C9H12N6O/c1-11-9(16)7-3-4-15(12-7)8-6(10)5-14(2)13-8/h3-5H,10H2,1-2H3,(H,11,16). The molecule has 0 atom stereocenters. The predicted molar refractivity (Wildman–Crippen MR) is 58.1 cm³/mol. The predicted octanol–water partition coefficient (Wildman–Crippen LogP) is -0.452. The van der Waals surface area contributed by atoms with Crippen molar-refractivity contribution in [3.63, 3.8) is 0 Å². The maximum Gasteiger partial charge on any atom is 0.271 e. The molecule has 16 heavy (non-hydrogen) atoms. The monoisotopic (exact) mass is 220 g/mol. The van der Waals surface area contributed by atoms with E-state index in [2.05, 4.69) is 15.5 Å². The molecule has 2 heterocycles. The molecule has 1 amide bonds. The van der Waals surface area contributed by atoms with Crippen molar-refractivity contribution in [3.05, 3.63) is 24.2 Å². The number of nitrogen functional groups attached to an aromatic ring is 1. The van der Waals surface area contributed by atoms with Crippen LogP contribution in [0.25, 0.3) is 5.82 Å². The van der Waals surface area contributed by atoms with E-state index in [1.165, 1.54) is 4.68 Å². The summed E-state index contributed by atoms with van der Waals surface area (Å²) in [7, 11) is 3.32. The van der Waals surface area contributed by atoms with E-state index in [4.69, 9.17) is 5.73 Å². The van der Waals surface area contributed by atoms with Gasteiger partial charge in [-0.15, -0.1) is 0 Å². The minimum Gasteiger partial charge on any atom is -0.394 e. The zero-order valence-electron chi connectivity index (χ0n) is 9.01. The van der Waals surface area contributed by atoms with Crippen molar-refractivity contribution in [1.82, 2.24) is 24.9 Å². The zero-order valence-corrected chi connectivity index (χ0v) is 9.01. The number of aromatic nitrogens is 4. The maximum atomic E-state index is 11.3. The molecule has 7 nitrogen and oxygen atoms in total. The van der Waals surface area contributed by atoms with Gasteiger partial charge in [0, 0.05) is 26.5 Å².